The second-order valence-corrected chi connectivity index (χ2v) is 4.64. The summed E-state index contributed by atoms with van der Waals surface area (Å²) < 4.78 is 4.76. The van der Waals surface area contributed by atoms with Crippen LogP contribution in [-0.4, -0.2) is 13.1 Å². The third-order valence-electron chi connectivity index (χ3n) is 3.28. The molecule has 2 rings (SSSR count). The highest BCUT2D eigenvalue weighted by Crippen LogP contribution is 2.20. The number of methoxy groups -OCH3 is 1. The van der Waals surface area contributed by atoms with Crippen molar-refractivity contribution in [2.45, 2.75) is 13.5 Å². The van der Waals surface area contributed by atoms with Crippen molar-refractivity contribution in [1.29, 1.82) is 5.26 Å². The summed E-state index contributed by atoms with van der Waals surface area (Å²) in [6, 6.07) is 15.0. The molecule has 0 fully saturated rings. The molecule has 0 heterocycles. The molecule has 0 saturated carbocycles. The number of hydrogen-bond donors (Lipinski definition) is 1. The molecule has 106 valence electrons. The molecule has 21 heavy (non-hydrogen) atoms. The molecule has 2 aromatic rings. The van der Waals surface area contributed by atoms with Crippen LogP contribution in [0.3, 0.4) is 0 Å². The van der Waals surface area contributed by atoms with Crippen LogP contribution >= 0.6 is 0 Å². The van der Waals surface area contributed by atoms with Crippen LogP contribution in [0.1, 0.15) is 27.0 Å². The summed E-state index contributed by atoms with van der Waals surface area (Å²) in [5.74, 6) is -0.345. The molecule has 0 bridgehead atoms. The average molecular weight is 280 g/mol. The van der Waals surface area contributed by atoms with Gasteiger partial charge in [0, 0.05) is 12.2 Å². The molecule has 0 aromatic heterocycles. The highest BCUT2D eigenvalue weighted by Gasteiger charge is 2.11. The molecule has 0 unspecified atom stereocenters. The van der Waals surface area contributed by atoms with E-state index in [1.54, 1.807) is 12.1 Å². The Kier molecular flexibility index (Phi) is 4.57. The SMILES string of the molecule is COC(=O)c1cccc(NCc2cccc(C#N)c2)c1C. The summed E-state index contributed by atoms with van der Waals surface area (Å²) >= 11 is 0. The predicted octanol–water partition coefficient (Wildman–Crippen LogP) is 3.27. The average Bonchev–Trinajstić information content (AvgIpc) is 2.53. The van der Waals surface area contributed by atoms with E-state index in [4.69, 9.17) is 10.00 Å². The fourth-order valence-corrected chi connectivity index (χ4v) is 2.11. The van der Waals surface area contributed by atoms with Gasteiger partial charge in [-0.05, 0) is 42.3 Å². The van der Waals surface area contributed by atoms with Gasteiger partial charge in [-0.1, -0.05) is 18.2 Å². The lowest BCUT2D eigenvalue weighted by molar-refractivity contribution is 0.0600. The fraction of sp³-hybridized carbons (Fsp3) is 0.176. The van der Waals surface area contributed by atoms with Crippen LogP contribution < -0.4 is 5.32 Å². The van der Waals surface area contributed by atoms with Crippen LogP contribution in [-0.2, 0) is 11.3 Å². The van der Waals surface area contributed by atoms with E-state index < -0.39 is 0 Å². The first-order valence-electron chi connectivity index (χ1n) is 6.56. The van der Waals surface area contributed by atoms with E-state index in [2.05, 4.69) is 11.4 Å². The van der Waals surface area contributed by atoms with Gasteiger partial charge < -0.3 is 10.1 Å². The minimum atomic E-state index is -0.345. The maximum absolute atomic E-state index is 11.7. The molecule has 0 aliphatic heterocycles. The standard InChI is InChI=1S/C17H16N2O2/c1-12-15(17(20)21-2)7-4-8-16(12)19-11-14-6-3-5-13(9-14)10-18/h3-9,19H,11H2,1-2H3. The maximum Gasteiger partial charge on any atom is 0.338 e. The third kappa shape index (κ3) is 3.40. The Hall–Kier alpha value is -2.80. The number of nitrogens with zero attached hydrogens (tertiary/aromatic N) is 1. The number of ether oxygens (including phenoxy) is 1. The summed E-state index contributed by atoms with van der Waals surface area (Å²) in [6.45, 7) is 2.46. The number of nitriles is 1. The van der Waals surface area contributed by atoms with Crippen molar-refractivity contribution < 1.29 is 9.53 Å². The molecule has 0 aliphatic carbocycles. The Balaban J connectivity index is 2.17. The number of benzene rings is 2. The lowest BCUT2D eigenvalue weighted by atomic mass is 10.1. The lowest BCUT2D eigenvalue weighted by Crippen LogP contribution is -2.07. The quantitative estimate of drug-likeness (QED) is 0.873. The van der Waals surface area contributed by atoms with Crippen molar-refractivity contribution in [1.82, 2.24) is 0 Å². The Labute approximate surface area is 124 Å². The van der Waals surface area contributed by atoms with Crippen LogP contribution in [0.5, 0.6) is 0 Å². The van der Waals surface area contributed by atoms with Gasteiger partial charge in [0.1, 0.15) is 0 Å². The van der Waals surface area contributed by atoms with Crippen molar-refractivity contribution in [3.05, 3.63) is 64.7 Å². The van der Waals surface area contributed by atoms with Crippen LogP contribution in [0, 0.1) is 18.3 Å². The Morgan fingerprint density at radius 2 is 2.05 bits per heavy atom. The van der Waals surface area contributed by atoms with Gasteiger partial charge >= 0.3 is 5.97 Å². The summed E-state index contributed by atoms with van der Waals surface area (Å²) in [4.78, 5) is 11.7. The van der Waals surface area contributed by atoms with E-state index in [1.807, 2.05) is 37.3 Å². The van der Waals surface area contributed by atoms with Gasteiger partial charge in [0.25, 0.3) is 0 Å². The smallest absolute Gasteiger partial charge is 0.338 e. The zero-order valence-corrected chi connectivity index (χ0v) is 12.0. The molecule has 1 N–H and O–H groups in total. The Morgan fingerprint density at radius 3 is 2.76 bits per heavy atom. The Bertz CT molecular complexity index is 702. The van der Waals surface area contributed by atoms with Gasteiger partial charge in [0.15, 0.2) is 0 Å². The van der Waals surface area contributed by atoms with Crippen LogP contribution in [0.15, 0.2) is 42.5 Å². The third-order valence-corrected chi connectivity index (χ3v) is 3.28. The van der Waals surface area contributed by atoms with E-state index in [-0.39, 0.29) is 5.97 Å². The summed E-state index contributed by atoms with van der Waals surface area (Å²) in [7, 11) is 1.37. The zero-order valence-electron chi connectivity index (χ0n) is 12.0. The number of rotatable bonds is 4. The number of esters is 1. The van der Waals surface area contributed by atoms with Gasteiger partial charge in [-0.15, -0.1) is 0 Å². The molecule has 0 atom stereocenters. The van der Waals surface area contributed by atoms with Crippen LogP contribution in [0.2, 0.25) is 0 Å². The van der Waals surface area contributed by atoms with Crippen molar-refractivity contribution in [2.75, 3.05) is 12.4 Å². The summed E-state index contributed by atoms with van der Waals surface area (Å²) in [5, 5.41) is 12.2. The van der Waals surface area contributed by atoms with Crippen LogP contribution in [0.25, 0.3) is 0 Å². The highest BCUT2D eigenvalue weighted by atomic mass is 16.5. The van der Waals surface area contributed by atoms with Gasteiger partial charge in [-0.25, -0.2) is 4.79 Å². The first kappa shape index (κ1) is 14.6. The zero-order chi connectivity index (χ0) is 15.2. The second-order valence-electron chi connectivity index (χ2n) is 4.64. The topological polar surface area (TPSA) is 62.1 Å². The van der Waals surface area contributed by atoms with E-state index in [0.717, 1.165) is 16.8 Å². The van der Waals surface area contributed by atoms with Gasteiger partial charge in [-0.2, -0.15) is 5.26 Å². The number of hydrogen-bond acceptors (Lipinski definition) is 4. The Morgan fingerprint density at radius 1 is 1.29 bits per heavy atom. The molecule has 0 spiro atoms. The van der Waals surface area contributed by atoms with E-state index in [1.165, 1.54) is 7.11 Å². The fourth-order valence-electron chi connectivity index (χ4n) is 2.11. The van der Waals surface area contributed by atoms with Gasteiger partial charge in [-0.3, -0.25) is 0 Å². The summed E-state index contributed by atoms with van der Waals surface area (Å²) in [5.41, 5.74) is 3.92. The van der Waals surface area contributed by atoms with E-state index >= 15 is 0 Å². The molecule has 0 saturated heterocycles. The molecule has 0 aliphatic rings. The monoisotopic (exact) mass is 280 g/mol. The number of nitrogens with one attached hydrogen (secondary N) is 1. The van der Waals surface area contributed by atoms with Crippen molar-refractivity contribution >= 4 is 11.7 Å². The maximum atomic E-state index is 11.7. The highest BCUT2D eigenvalue weighted by molar-refractivity contribution is 5.92. The molecule has 0 amide bonds. The van der Waals surface area contributed by atoms with Crippen LogP contribution in [0.4, 0.5) is 5.69 Å². The largest absolute Gasteiger partial charge is 0.465 e. The molecule has 4 heteroatoms. The van der Waals surface area contributed by atoms with Crippen molar-refractivity contribution in [2.24, 2.45) is 0 Å². The minimum Gasteiger partial charge on any atom is -0.465 e. The predicted molar refractivity (Wildman–Crippen MR) is 81.0 cm³/mol. The second kappa shape index (κ2) is 6.58. The molecular weight excluding hydrogens is 264 g/mol. The minimum absolute atomic E-state index is 0.345. The van der Waals surface area contributed by atoms with E-state index in [9.17, 15) is 4.79 Å². The normalized spacial score (nSPS) is 9.76. The first-order chi connectivity index (χ1) is 10.2. The lowest BCUT2D eigenvalue weighted by Gasteiger charge is -2.12. The molecule has 2 aromatic carbocycles. The van der Waals surface area contributed by atoms with Crippen molar-refractivity contribution in [3.63, 3.8) is 0 Å². The van der Waals surface area contributed by atoms with E-state index in [0.29, 0.717) is 17.7 Å². The first-order valence-corrected chi connectivity index (χ1v) is 6.56. The number of anilines is 1. The summed E-state index contributed by atoms with van der Waals surface area (Å²) in [6.07, 6.45) is 0. The molecular formula is C17H16N2O2. The van der Waals surface area contributed by atoms with Crippen molar-refractivity contribution in [3.8, 4) is 6.07 Å². The molecule has 4 nitrogen and oxygen atoms in total. The molecule has 0 radical (unpaired) electrons. The number of carbonyl (C=O) groups is 1. The van der Waals surface area contributed by atoms with Gasteiger partial charge in [0.05, 0.1) is 24.3 Å². The number of carbonyl (C=O) groups excluding carboxylic acids is 1. The van der Waals surface area contributed by atoms with Gasteiger partial charge in [0.2, 0.25) is 0 Å².